The van der Waals surface area contributed by atoms with Crippen LogP contribution in [0.25, 0.3) is 5.65 Å². The van der Waals surface area contributed by atoms with Crippen molar-refractivity contribution in [2.24, 2.45) is 4.99 Å². The molecule has 1 aliphatic heterocycles. The minimum absolute atomic E-state index is 0.591. The van der Waals surface area contributed by atoms with Gasteiger partial charge in [-0.05, 0) is 24.1 Å². The summed E-state index contributed by atoms with van der Waals surface area (Å²) in [7, 11) is 1.86. The molecule has 3 heterocycles. The van der Waals surface area contributed by atoms with Crippen LogP contribution in [0.4, 0.5) is 0 Å². The van der Waals surface area contributed by atoms with E-state index in [9.17, 15) is 0 Å². The molecule has 0 bridgehead atoms. The van der Waals surface area contributed by atoms with Crippen LogP contribution in [0.15, 0.2) is 65.9 Å². The molecule has 134 valence electrons. The molecule has 1 saturated heterocycles. The summed E-state index contributed by atoms with van der Waals surface area (Å²) in [4.78, 5) is 11.5. The number of aromatic nitrogens is 2. The molecule has 1 atom stereocenters. The van der Waals surface area contributed by atoms with Crippen LogP contribution in [-0.2, 0) is 6.42 Å². The maximum atomic E-state index is 4.65. The number of benzene rings is 1. The molecule has 1 aliphatic rings. The van der Waals surface area contributed by atoms with Gasteiger partial charge in [0.2, 0.25) is 0 Å². The second-order valence-corrected chi connectivity index (χ2v) is 6.76. The van der Waals surface area contributed by atoms with Crippen molar-refractivity contribution in [3.8, 4) is 0 Å². The molecule has 0 saturated carbocycles. The highest BCUT2D eigenvalue weighted by Crippen LogP contribution is 2.26. The smallest absolute Gasteiger partial charge is 0.193 e. The molecule has 1 aromatic carbocycles. The van der Waals surface area contributed by atoms with Crippen molar-refractivity contribution in [2.45, 2.75) is 18.8 Å². The zero-order valence-corrected chi connectivity index (χ0v) is 15.2. The van der Waals surface area contributed by atoms with Gasteiger partial charge >= 0.3 is 0 Å². The average Bonchev–Trinajstić information content (AvgIpc) is 3.33. The van der Waals surface area contributed by atoms with E-state index in [2.05, 4.69) is 61.1 Å². The van der Waals surface area contributed by atoms with E-state index < -0.39 is 0 Å². The highest BCUT2D eigenvalue weighted by atomic mass is 15.3. The summed E-state index contributed by atoms with van der Waals surface area (Å²) in [5.41, 5.74) is 3.52. The van der Waals surface area contributed by atoms with Gasteiger partial charge in [0, 0.05) is 51.4 Å². The van der Waals surface area contributed by atoms with E-state index in [1.165, 1.54) is 12.0 Å². The molecule has 2 aromatic heterocycles. The summed E-state index contributed by atoms with van der Waals surface area (Å²) in [5, 5.41) is 3.50. The predicted octanol–water partition coefficient (Wildman–Crippen LogP) is 2.94. The Balaban J connectivity index is 1.32. The highest BCUT2D eigenvalue weighted by Gasteiger charge is 2.25. The molecule has 4 rings (SSSR count). The summed E-state index contributed by atoms with van der Waals surface area (Å²) < 4.78 is 2.06. The lowest BCUT2D eigenvalue weighted by molar-refractivity contribution is 0.486. The monoisotopic (exact) mass is 347 g/mol. The van der Waals surface area contributed by atoms with E-state index in [-0.39, 0.29) is 0 Å². The topological polar surface area (TPSA) is 44.9 Å². The first-order chi connectivity index (χ1) is 12.8. The first-order valence-corrected chi connectivity index (χ1v) is 9.26. The van der Waals surface area contributed by atoms with Crippen LogP contribution in [0.1, 0.15) is 23.6 Å². The van der Waals surface area contributed by atoms with Crippen LogP contribution in [0.3, 0.4) is 0 Å². The zero-order valence-electron chi connectivity index (χ0n) is 15.2. The van der Waals surface area contributed by atoms with Crippen molar-refractivity contribution in [1.82, 2.24) is 19.6 Å². The van der Waals surface area contributed by atoms with E-state index in [0.717, 1.165) is 43.4 Å². The van der Waals surface area contributed by atoms with Crippen LogP contribution in [0, 0.1) is 0 Å². The molecule has 0 aliphatic carbocycles. The predicted molar refractivity (Wildman–Crippen MR) is 106 cm³/mol. The second-order valence-electron chi connectivity index (χ2n) is 6.76. The standard InChI is InChI=1S/C21H25N5/c1-22-21(26-14-11-18(15-26)17-7-3-2-4-8-17)23-12-10-19-16-25-13-6-5-9-20(25)24-19/h2-9,13,16,18H,10-12,14-15H2,1H3,(H,22,23). The van der Waals surface area contributed by atoms with Gasteiger partial charge in [0.15, 0.2) is 5.96 Å². The second kappa shape index (κ2) is 7.60. The summed E-state index contributed by atoms with van der Waals surface area (Å²) >= 11 is 0. The summed E-state index contributed by atoms with van der Waals surface area (Å²) in [5.74, 6) is 1.58. The number of hydrogen-bond donors (Lipinski definition) is 1. The van der Waals surface area contributed by atoms with Crippen molar-refractivity contribution in [1.29, 1.82) is 0 Å². The molecular formula is C21H25N5. The van der Waals surface area contributed by atoms with E-state index in [1.807, 2.05) is 31.4 Å². The van der Waals surface area contributed by atoms with Gasteiger partial charge in [0.25, 0.3) is 0 Å². The maximum absolute atomic E-state index is 4.65. The Bertz CT molecular complexity index is 851. The van der Waals surface area contributed by atoms with Gasteiger partial charge in [-0.15, -0.1) is 0 Å². The van der Waals surface area contributed by atoms with Gasteiger partial charge in [-0.2, -0.15) is 0 Å². The van der Waals surface area contributed by atoms with E-state index in [1.54, 1.807) is 0 Å². The summed E-state index contributed by atoms with van der Waals surface area (Å²) in [6.45, 7) is 2.91. The van der Waals surface area contributed by atoms with E-state index in [4.69, 9.17) is 0 Å². The van der Waals surface area contributed by atoms with Crippen LogP contribution >= 0.6 is 0 Å². The number of nitrogens with one attached hydrogen (secondary N) is 1. The fourth-order valence-corrected chi connectivity index (χ4v) is 3.69. The van der Waals surface area contributed by atoms with Crippen molar-refractivity contribution in [3.63, 3.8) is 0 Å². The Hall–Kier alpha value is -2.82. The fraction of sp³-hybridized carbons (Fsp3) is 0.333. The van der Waals surface area contributed by atoms with Crippen molar-refractivity contribution in [3.05, 3.63) is 72.2 Å². The Kier molecular flexibility index (Phi) is 4.86. The lowest BCUT2D eigenvalue weighted by Gasteiger charge is -2.21. The molecule has 0 amide bonds. The molecule has 0 spiro atoms. The number of likely N-dealkylation sites (tertiary alicyclic amines) is 1. The number of hydrogen-bond acceptors (Lipinski definition) is 2. The third kappa shape index (κ3) is 3.57. The minimum Gasteiger partial charge on any atom is -0.356 e. The Morgan fingerprint density at radius 3 is 2.85 bits per heavy atom. The SMILES string of the molecule is CN=C(NCCc1cn2ccccc2n1)N1CCC(c2ccccc2)C1. The number of imidazole rings is 1. The molecular weight excluding hydrogens is 322 g/mol. The molecule has 3 aromatic rings. The van der Waals surface area contributed by atoms with Crippen LogP contribution in [-0.4, -0.2) is 46.9 Å². The molecule has 1 N–H and O–H groups in total. The normalized spacial score (nSPS) is 17.8. The van der Waals surface area contributed by atoms with Crippen molar-refractivity contribution >= 4 is 11.6 Å². The largest absolute Gasteiger partial charge is 0.356 e. The summed E-state index contributed by atoms with van der Waals surface area (Å²) in [6, 6.07) is 16.9. The molecule has 1 fully saturated rings. The first-order valence-electron chi connectivity index (χ1n) is 9.26. The zero-order chi connectivity index (χ0) is 17.8. The van der Waals surface area contributed by atoms with Gasteiger partial charge < -0.3 is 14.6 Å². The van der Waals surface area contributed by atoms with Gasteiger partial charge in [0.05, 0.1) is 5.69 Å². The molecule has 1 unspecified atom stereocenters. The number of guanidine groups is 1. The van der Waals surface area contributed by atoms with Gasteiger partial charge in [-0.25, -0.2) is 4.98 Å². The third-order valence-corrected chi connectivity index (χ3v) is 5.05. The number of nitrogens with zero attached hydrogens (tertiary/aromatic N) is 4. The van der Waals surface area contributed by atoms with Gasteiger partial charge in [-0.3, -0.25) is 4.99 Å². The third-order valence-electron chi connectivity index (χ3n) is 5.05. The van der Waals surface area contributed by atoms with Crippen molar-refractivity contribution < 1.29 is 0 Å². The van der Waals surface area contributed by atoms with Gasteiger partial charge in [0.1, 0.15) is 5.65 Å². The lowest BCUT2D eigenvalue weighted by Crippen LogP contribution is -2.40. The van der Waals surface area contributed by atoms with Crippen LogP contribution < -0.4 is 5.32 Å². The number of aliphatic imine (C=N–C) groups is 1. The Morgan fingerprint density at radius 2 is 2.04 bits per heavy atom. The minimum atomic E-state index is 0.591. The molecule has 0 radical (unpaired) electrons. The fourth-order valence-electron chi connectivity index (χ4n) is 3.69. The Labute approximate surface area is 154 Å². The quantitative estimate of drug-likeness (QED) is 0.583. The molecule has 26 heavy (non-hydrogen) atoms. The first kappa shape index (κ1) is 16.6. The molecule has 5 nitrogen and oxygen atoms in total. The van der Waals surface area contributed by atoms with Crippen LogP contribution in [0.5, 0.6) is 0 Å². The number of fused-ring (bicyclic) bond motifs is 1. The maximum Gasteiger partial charge on any atom is 0.193 e. The lowest BCUT2D eigenvalue weighted by atomic mass is 9.99. The Morgan fingerprint density at radius 1 is 1.19 bits per heavy atom. The highest BCUT2D eigenvalue weighted by molar-refractivity contribution is 5.80. The van der Waals surface area contributed by atoms with E-state index >= 15 is 0 Å². The van der Waals surface area contributed by atoms with Crippen molar-refractivity contribution in [2.75, 3.05) is 26.7 Å². The molecule has 5 heteroatoms. The number of pyridine rings is 1. The van der Waals surface area contributed by atoms with Gasteiger partial charge in [-0.1, -0.05) is 36.4 Å². The number of rotatable bonds is 4. The van der Waals surface area contributed by atoms with E-state index in [0.29, 0.717) is 5.92 Å². The summed E-state index contributed by atoms with van der Waals surface area (Å²) in [6.07, 6.45) is 6.20. The van der Waals surface area contributed by atoms with Crippen LogP contribution in [0.2, 0.25) is 0 Å². The average molecular weight is 347 g/mol.